The van der Waals surface area contributed by atoms with Crippen LogP contribution in [0.5, 0.6) is 5.75 Å². The molecule has 4 rings (SSSR count). The molecule has 0 aliphatic carbocycles. The van der Waals surface area contributed by atoms with Crippen LogP contribution in [-0.2, 0) is 0 Å². The first-order valence-electron chi connectivity index (χ1n) is 8.78. The third-order valence-corrected chi connectivity index (χ3v) is 4.56. The highest BCUT2D eigenvalue weighted by Crippen LogP contribution is 2.29. The molecule has 1 heterocycles. The van der Waals surface area contributed by atoms with E-state index in [2.05, 4.69) is 15.5 Å². The van der Waals surface area contributed by atoms with Gasteiger partial charge in [0, 0.05) is 16.3 Å². The Morgan fingerprint density at radius 3 is 2.29 bits per heavy atom. The molecule has 0 aliphatic rings. The second-order valence-electron chi connectivity index (χ2n) is 6.17. The minimum atomic E-state index is -0.289. The van der Waals surface area contributed by atoms with Crippen LogP contribution in [0, 0.1) is 0 Å². The van der Waals surface area contributed by atoms with Gasteiger partial charge in [0.15, 0.2) is 0 Å². The van der Waals surface area contributed by atoms with E-state index in [0.717, 1.165) is 22.6 Å². The van der Waals surface area contributed by atoms with Crippen molar-refractivity contribution in [3.63, 3.8) is 0 Å². The molecule has 6 heteroatoms. The predicted octanol–water partition coefficient (Wildman–Crippen LogP) is 5.60. The standard InChI is InChI=1S/C22H18ClN3O2/c1-27-19-13-11-18(12-14-19)24-20(15-5-3-2-4-6-15)22-26-25-21(28-22)16-7-9-17(23)10-8-16/h2-14,20,24H,1H3/t20-/m0/s1. The molecule has 0 bridgehead atoms. The number of aromatic nitrogens is 2. The summed E-state index contributed by atoms with van der Waals surface area (Å²) in [4.78, 5) is 0. The lowest BCUT2D eigenvalue weighted by atomic mass is 10.1. The summed E-state index contributed by atoms with van der Waals surface area (Å²) in [5.41, 5.74) is 2.75. The van der Waals surface area contributed by atoms with Gasteiger partial charge < -0.3 is 14.5 Å². The number of benzene rings is 3. The van der Waals surface area contributed by atoms with Crippen molar-refractivity contribution in [3.8, 4) is 17.2 Å². The zero-order chi connectivity index (χ0) is 19.3. The number of rotatable bonds is 6. The summed E-state index contributed by atoms with van der Waals surface area (Å²) in [6.07, 6.45) is 0. The topological polar surface area (TPSA) is 60.2 Å². The van der Waals surface area contributed by atoms with Crippen molar-refractivity contribution < 1.29 is 9.15 Å². The van der Waals surface area contributed by atoms with Crippen LogP contribution < -0.4 is 10.1 Å². The number of hydrogen-bond donors (Lipinski definition) is 1. The molecule has 0 spiro atoms. The van der Waals surface area contributed by atoms with Gasteiger partial charge >= 0.3 is 0 Å². The largest absolute Gasteiger partial charge is 0.497 e. The number of nitrogens with one attached hydrogen (secondary N) is 1. The van der Waals surface area contributed by atoms with E-state index in [4.69, 9.17) is 20.8 Å². The fraction of sp³-hybridized carbons (Fsp3) is 0.0909. The van der Waals surface area contributed by atoms with Crippen molar-refractivity contribution >= 4 is 17.3 Å². The third kappa shape index (κ3) is 4.00. The van der Waals surface area contributed by atoms with Crippen molar-refractivity contribution in [1.82, 2.24) is 10.2 Å². The van der Waals surface area contributed by atoms with Crippen molar-refractivity contribution in [1.29, 1.82) is 0 Å². The fourth-order valence-electron chi connectivity index (χ4n) is 2.85. The molecule has 0 amide bonds. The maximum atomic E-state index is 5.99. The second kappa shape index (κ2) is 8.15. The van der Waals surface area contributed by atoms with Crippen LogP contribution in [0.25, 0.3) is 11.5 Å². The second-order valence-corrected chi connectivity index (χ2v) is 6.61. The Labute approximate surface area is 168 Å². The smallest absolute Gasteiger partial charge is 0.247 e. The van der Waals surface area contributed by atoms with E-state index in [9.17, 15) is 0 Å². The van der Waals surface area contributed by atoms with E-state index < -0.39 is 0 Å². The van der Waals surface area contributed by atoms with Gasteiger partial charge in [0.2, 0.25) is 11.8 Å². The molecular weight excluding hydrogens is 374 g/mol. The first kappa shape index (κ1) is 18.1. The number of ether oxygens (including phenoxy) is 1. The molecule has 0 radical (unpaired) electrons. The number of methoxy groups -OCH3 is 1. The van der Waals surface area contributed by atoms with Crippen LogP contribution in [0.15, 0.2) is 83.3 Å². The molecule has 1 N–H and O–H groups in total. The SMILES string of the molecule is COc1ccc(N[C@@H](c2ccccc2)c2nnc(-c3ccc(Cl)cc3)o2)cc1. The molecular formula is C22H18ClN3O2. The van der Waals surface area contributed by atoms with E-state index in [1.807, 2.05) is 66.7 Å². The quantitative estimate of drug-likeness (QED) is 0.463. The molecule has 1 aromatic heterocycles. The Morgan fingerprint density at radius 2 is 1.61 bits per heavy atom. The highest BCUT2D eigenvalue weighted by atomic mass is 35.5. The molecule has 0 unspecified atom stereocenters. The molecule has 28 heavy (non-hydrogen) atoms. The van der Waals surface area contributed by atoms with Gasteiger partial charge in [-0.05, 0) is 54.1 Å². The highest BCUT2D eigenvalue weighted by molar-refractivity contribution is 6.30. The van der Waals surface area contributed by atoms with Crippen molar-refractivity contribution in [2.24, 2.45) is 0 Å². The summed E-state index contributed by atoms with van der Waals surface area (Å²) in [5.74, 6) is 1.72. The zero-order valence-corrected chi connectivity index (χ0v) is 15.9. The van der Waals surface area contributed by atoms with Gasteiger partial charge in [-0.1, -0.05) is 41.9 Å². The van der Waals surface area contributed by atoms with Gasteiger partial charge in [-0.15, -0.1) is 10.2 Å². The molecule has 0 aliphatic heterocycles. The predicted molar refractivity (Wildman–Crippen MR) is 110 cm³/mol. The van der Waals surface area contributed by atoms with Crippen molar-refractivity contribution in [2.45, 2.75) is 6.04 Å². The Balaban J connectivity index is 1.66. The summed E-state index contributed by atoms with van der Waals surface area (Å²) in [6.45, 7) is 0. The van der Waals surface area contributed by atoms with E-state index in [-0.39, 0.29) is 6.04 Å². The minimum Gasteiger partial charge on any atom is -0.497 e. The Bertz CT molecular complexity index is 1030. The van der Waals surface area contributed by atoms with Crippen LogP contribution in [0.2, 0.25) is 5.02 Å². The average Bonchev–Trinajstić information content (AvgIpc) is 3.23. The lowest BCUT2D eigenvalue weighted by molar-refractivity contribution is 0.415. The van der Waals surface area contributed by atoms with Crippen LogP contribution in [0.4, 0.5) is 5.69 Å². The molecule has 1 atom stereocenters. The van der Waals surface area contributed by atoms with Gasteiger partial charge in [0.1, 0.15) is 11.8 Å². The van der Waals surface area contributed by atoms with Crippen LogP contribution >= 0.6 is 11.6 Å². The average molecular weight is 392 g/mol. The molecule has 3 aromatic carbocycles. The number of nitrogens with zero attached hydrogens (tertiary/aromatic N) is 2. The molecule has 140 valence electrons. The molecule has 4 aromatic rings. The van der Waals surface area contributed by atoms with Crippen molar-refractivity contribution in [2.75, 3.05) is 12.4 Å². The monoisotopic (exact) mass is 391 g/mol. The van der Waals surface area contributed by atoms with E-state index in [1.165, 1.54) is 0 Å². The normalized spacial score (nSPS) is 11.8. The number of hydrogen-bond acceptors (Lipinski definition) is 5. The molecule has 0 fully saturated rings. The van der Waals surface area contributed by atoms with E-state index >= 15 is 0 Å². The van der Waals surface area contributed by atoms with Crippen LogP contribution in [0.3, 0.4) is 0 Å². The summed E-state index contributed by atoms with van der Waals surface area (Å²) < 4.78 is 11.2. The van der Waals surface area contributed by atoms with Crippen molar-refractivity contribution in [3.05, 3.63) is 95.3 Å². The molecule has 0 saturated carbocycles. The molecule has 5 nitrogen and oxygen atoms in total. The van der Waals surface area contributed by atoms with E-state index in [0.29, 0.717) is 16.8 Å². The number of halogens is 1. The van der Waals surface area contributed by atoms with Crippen LogP contribution in [-0.4, -0.2) is 17.3 Å². The summed E-state index contributed by atoms with van der Waals surface area (Å²) in [6, 6.07) is 24.7. The molecule has 0 saturated heterocycles. The minimum absolute atomic E-state index is 0.289. The van der Waals surface area contributed by atoms with Gasteiger partial charge in [-0.25, -0.2) is 0 Å². The Morgan fingerprint density at radius 1 is 0.893 bits per heavy atom. The maximum absolute atomic E-state index is 5.99. The Kier molecular flexibility index (Phi) is 5.26. The lowest BCUT2D eigenvalue weighted by Gasteiger charge is -2.17. The van der Waals surface area contributed by atoms with Gasteiger partial charge in [-0.2, -0.15) is 0 Å². The first-order valence-corrected chi connectivity index (χ1v) is 9.15. The third-order valence-electron chi connectivity index (χ3n) is 4.31. The van der Waals surface area contributed by atoms with Crippen LogP contribution in [0.1, 0.15) is 17.5 Å². The fourth-order valence-corrected chi connectivity index (χ4v) is 2.97. The zero-order valence-electron chi connectivity index (χ0n) is 15.2. The maximum Gasteiger partial charge on any atom is 0.247 e. The van der Waals surface area contributed by atoms with Gasteiger partial charge in [-0.3, -0.25) is 0 Å². The summed E-state index contributed by atoms with van der Waals surface area (Å²) in [7, 11) is 1.64. The van der Waals surface area contributed by atoms with E-state index in [1.54, 1.807) is 19.2 Å². The summed E-state index contributed by atoms with van der Waals surface area (Å²) >= 11 is 5.96. The first-order chi connectivity index (χ1) is 13.7. The van der Waals surface area contributed by atoms with Gasteiger partial charge in [0.25, 0.3) is 0 Å². The Hall–Kier alpha value is -3.31. The summed E-state index contributed by atoms with van der Waals surface area (Å²) in [5, 5.41) is 12.6. The lowest BCUT2D eigenvalue weighted by Crippen LogP contribution is -2.12. The van der Waals surface area contributed by atoms with Gasteiger partial charge in [0.05, 0.1) is 7.11 Å². The highest BCUT2D eigenvalue weighted by Gasteiger charge is 2.21. The number of anilines is 1.